The largest absolute Gasteiger partial charge is 0.394 e. The van der Waals surface area contributed by atoms with Gasteiger partial charge in [-0.3, -0.25) is 4.79 Å². The van der Waals surface area contributed by atoms with Gasteiger partial charge < -0.3 is 40.3 Å². The molecule has 7 unspecified atom stereocenters. The lowest BCUT2D eigenvalue weighted by Crippen LogP contribution is -2.60. The molecular weight excluding hydrogens is 791 g/mol. The number of amides is 1. The van der Waals surface area contributed by atoms with Gasteiger partial charge in [0.25, 0.3) is 0 Å². The second kappa shape index (κ2) is 43.8. The standard InChI is InChI=1S/C54H97NO8/c1-3-5-7-9-11-13-15-17-19-21-23-24-26-27-29-31-33-35-37-39-41-43-48(57)47(46-62-54-53(61)52(60)51(59)49(45-56)63-54)55-50(58)44-42-40-38-36-34-32-30-28-25-22-20-18-16-14-12-10-8-6-4-2/h12,14,18,20,26-27,33,35,41,43,47-49,51-54,56-57,59-61H,3-11,13,15-17,19,21-25,28-32,34,36-40,42,44-46H2,1-2H3,(H,55,58)/b14-12-,20-18-,27-26+,35-33+,43-41+. The molecular formula is C54H97NO8. The first-order chi connectivity index (χ1) is 30.8. The summed E-state index contributed by atoms with van der Waals surface area (Å²) >= 11 is 0. The Labute approximate surface area is 386 Å². The van der Waals surface area contributed by atoms with Crippen molar-refractivity contribution in [3.8, 4) is 0 Å². The average molecular weight is 888 g/mol. The number of hydrogen-bond donors (Lipinski definition) is 6. The van der Waals surface area contributed by atoms with Gasteiger partial charge in [-0.25, -0.2) is 0 Å². The zero-order chi connectivity index (χ0) is 45.9. The van der Waals surface area contributed by atoms with Gasteiger partial charge in [0.1, 0.15) is 24.4 Å². The Morgan fingerprint density at radius 3 is 1.46 bits per heavy atom. The van der Waals surface area contributed by atoms with Crippen LogP contribution in [0.5, 0.6) is 0 Å². The quantitative estimate of drug-likeness (QED) is 0.0262. The second-order valence-corrected chi connectivity index (χ2v) is 17.9. The zero-order valence-electron chi connectivity index (χ0n) is 40.3. The van der Waals surface area contributed by atoms with Gasteiger partial charge in [-0.1, -0.05) is 197 Å². The summed E-state index contributed by atoms with van der Waals surface area (Å²) in [4.78, 5) is 13.0. The number of carbonyl (C=O) groups excluding carboxylic acids is 1. The molecule has 366 valence electrons. The maximum absolute atomic E-state index is 13.0. The van der Waals surface area contributed by atoms with Gasteiger partial charge in [-0.2, -0.15) is 0 Å². The van der Waals surface area contributed by atoms with Crippen LogP contribution in [0.25, 0.3) is 0 Å². The second-order valence-electron chi connectivity index (χ2n) is 17.9. The van der Waals surface area contributed by atoms with Crippen LogP contribution in [0, 0.1) is 0 Å². The van der Waals surface area contributed by atoms with Crippen molar-refractivity contribution < 1.29 is 39.8 Å². The highest BCUT2D eigenvalue weighted by molar-refractivity contribution is 5.76. The first kappa shape index (κ1) is 58.9. The van der Waals surface area contributed by atoms with Crippen molar-refractivity contribution in [1.29, 1.82) is 0 Å². The first-order valence-electron chi connectivity index (χ1n) is 26.0. The molecule has 0 saturated carbocycles. The molecule has 1 aliphatic rings. The fourth-order valence-corrected chi connectivity index (χ4v) is 7.86. The average Bonchev–Trinajstić information content (AvgIpc) is 3.28. The first-order valence-corrected chi connectivity index (χ1v) is 26.0. The van der Waals surface area contributed by atoms with Crippen LogP contribution in [-0.4, -0.2) is 87.5 Å². The summed E-state index contributed by atoms with van der Waals surface area (Å²) in [5.41, 5.74) is 0. The molecule has 1 heterocycles. The maximum Gasteiger partial charge on any atom is 0.220 e. The predicted octanol–water partition coefficient (Wildman–Crippen LogP) is 12.0. The van der Waals surface area contributed by atoms with Crippen molar-refractivity contribution in [2.24, 2.45) is 0 Å². The molecule has 7 atom stereocenters. The highest BCUT2D eigenvalue weighted by Gasteiger charge is 2.44. The fraction of sp³-hybridized carbons (Fsp3) is 0.796. The summed E-state index contributed by atoms with van der Waals surface area (Å²) in [5, 5.41) is 54.3. The summed E-state index contributed by atoms with van der Waals surface area (Å²) in [7, 11) is 0. The SMILES string of the molecule is CCCCC/C=C\C/C=C\CCCCCCCCCCCC(=O)NC(COC1OC(CO)C(O)C(O)C1O)C(O)/C=C/CC/C=C/CC/C=C/CCCCCCCCCCCCC. The number of aliphatic hydroxyl groups excluding tert-OH is 5. The number of allylic oxidation sites excluding steroid dienone is 9. The number of unbranched alkanes of at least 4 members (excludes halogenated alkanes) is 25. The molecule has 0 aromatic heterocycles. The highest BCUT2D eigenvalue weighted by Crippen LogP contribution is 2.23. The molecule has 0 aromatic carbocycles. The van der Waals surface area contributed by atoms with Crippen LogP contribution < -0.4 is 5.32 Å². The minimum absolute atomic E-state index is 0.197. The van der Waals surface area contributed by atoms with E-state index < -0.39 is 49.5 Å². The fourth-order valence-electron chi connectivity index (χ4n) is 7.86. The summed E-state index contributed by atoms with van der Waals surface area (Å²) in [6.45, 7) is 3.73. The minimum Gasteiger partial charge on any atom is -0.394 e. The van der Waals surface area contributed by atoms with Crippen molar-refractivity contribution in [1.82, 2.24) is 5.32 Å². The van der Waals surface area contributed by atoms with Gasteiger partial charge >= 0.3 is 0 Å². The van der Waals surface area contributed by atoms with Crippen LogP contribution in [0.2, 0.25) is 0 Å². The molecule has 0 bridgehead atoms. The Kier molecular flexibility index (Phi) is 40.9. The van der Waals surface area contributed by atoms with Crippen molar-refractivity contribution in [3.63, 3.8) is 0 Å². The zero-order valence-corrected chi connectivity index (χ0v) is 40.3. The molecule has 1 fully saturated rings. The maximum atomic E-state index is 13.0. The van der Waals surface area contributed by atoms with Gasteiger partial charge in [0, 0.05) is 6.42 Å². The van der Waals surface area contributed by atoms with Crippen molar-refractivity contribution in [2.45, 2.75) is 262 Å². The lowest BCUT2D eigenvalue weighted by atomic mass is 9.99. The summed E-state index contributed by atoms with van der Waals surface area (Å²) in [6.07, 6.45) is 51.2. The van der Waals surface area contributed by atoms with Crippen LogP contribution in [0.4, 0.5) is 0 Å². The Morgan fingerprint density at radius 2 is 0.952 bits per heavy atom. The Bertz CT molecular complexity index is 1170. The lowest BCUT2D eigenvalue weighted by molar-refractivity contribution is -0.302. The van der Waals surface area contributed by atoms with E-state index in [1.54, 1.807) is 6.08 Å². The smallest absolute Gasteiger partial charge is 0.220 e. The van der Waals surface area contributed by atoms with E-state index in [1.807, 2.05) is 6.08 Å². The molecule has 0 spiro atoms. The number of carbonyl (C=O) groups is 1. The molecule has 9 heteroatoms. The van der Waals surface area contributed by atoms with Gasteiger partial charge in [0.05, 0.1) is 25.4 Å². The van der Waals surface area contributed by atoms with Gasteiger partial charge in [-0.05, 0) is 77.0 Å². The van der Waals surface area contributed by atoms with E-state index >= 15 is 0 Å². The summed E-state index contributed by atoms with van der Waals surface area (Å²) < 4.78 is 11.2. The molecule has 0 aromatic rings. The van der Waals surface area contributed by atoms with E-state index in [4.69, 9.17) is 9.47 Å². The molecule has 9 nitrogen and oxygen atoms in total. The van der Waals surface area contributed by atoms with Crippen molar-refractivity contribution >= 4 is 5.91 Å². The van der Waals surface area contributed by atoms with Crippen LogP contribution in [0.3, 0.4) is 0 Å². The molecule has 63 heavy (non-hydrogen) atoms. The van der Waals surface area contributed by atoms with Crippen LogP contribution in [0.15, 0.2) is 60.8 Å². The predicted molar refractivity (Wildman–Crippen MR) is 262 cm³/mol. The summed E-state index contributed by atoms with van der Waals surface area (Å²) in [5.74, 6) is -0.197. The number of rotatable bonds is 43. The van der Waals surface area contributed by atoms with E-state index in [0.717, 1.165) is 64.2 Å². The molecule has 0 radical (unpaired) electrons. The minimum atomic E-state index is -1.58. The van der Waals surface area contributed by atoms with E-state index in [-0.39, 0.29) is 12.5 Å². The Balaban J connectivity index is 2.34. The molecule has 1 rings (SSSR count). The third kappa shape index (κ3) is 33.9. The number of ether oxygens (including phenoxy) is 2. The Hall–Kier alpha value is -2.11. The normalized spacial score (nSPS) is 20.7. The number of aliphatic hydroxyl groups is 5. The number of hydrogen-bond acceptors (Lipinski definition) is 8. The van der Waals surface area contributed by atoms with Gasteiger partial charge in [0.15, 0.2) is 6.29 Å². The monoisotopic (exact) mass is 888 g/mol. The van der Waals surface area contributed by atoms with Crippen LogP contribution in [0.1, 0.15) is 219 Å². The van der Waals surface area contributed by atoms with Crippen molar-refractivity contribution in [2.75, 3.05) is 13.2 Å². The third-order valence-corrected chi connectivity index (χ3v) is 12.0. The Morgan fingerprint density at radius 1 is 0.540 bits per heavy atom. The van der Waals surface area contributed by atoms with E-state index in [2.05, 4.69) is 67.8 Å². The highest BCUT2D eigenvalue weighted by atomic mass is 16.7. The van der Waals surface area contributed by atoms with E-state index in [9.17, 15) is 30.3 Å². The summed E-state index contributed by atoms with van der Waals surface area (Å²) in [6, 6.07) is -0.832. The molecule has 1 saturated heterocycles. The van der Waals surface area contributed by atoms with E-state index in [0.29, 0.717) is 6.42 Å². The third-order valence-electron chi connectivity index (χ3n) is 12.0. The molecule has 1 amide bonds. The van der Waals surface area contributed by atoms with Crippen molar-refractivity contribution in [3.05, 3.63) is 60.8 Å². The van der Waals surface area contributed by atoms with Gasteiger partial charge in [0.2, 0.25) is 5.91 Å². The van der Waals surface area contributed by atoms with Crippen LogP contribution in [-0.2, 0) is 14.3 Å². The van der Waals surface area contributed by atoms with E-state index in [1.165, 1.54) is 135 Å². The lowest BCUT2D eigenvalue weighted by Gasteiger charge is -2.40. The molecule has 6 N–H and O–H groups in total. The van der Waals surface area contributed by atoms with Crippen LogP contribution >= 0.6 is 0 Å². The topological polar surface area (TPSA) is 149 Å². The number of nitrogens with one attached hydrogen (secondary N) is 1. The molecule has 1 aliphatic heterocycles. The molecule has 0 aliphatic carbocycles. The van der Waals surface area contributed by atoms with Gasteiger partial charge in [-0.15, -0.1) is 0 Å².